The van der Waals surface area contributed by atoms with Crippen LogP contribution in [-0.4, -0.2) is 86.2 Å². The molecule has 7 nitrogen and oxygen atoms in total. The van der Waals surface area contributed by atoms with E-state index in [2.05, 4.69) is 32.3 Å². The number of morpholine rings is 1. The Morgan fingerprint density at radius 3 is 2.64 bits per heavy atom. The molecule has 1 atom stereocenters. The molecule has 8 heteroatoms. The number of carbonyl (C=O) groups is 1. The second-order valence-electron chi connectivity index (χ2n) is 6.74. The number of rotatable bonds is 6. The fourth-order valence-electron chi connectivity index (χ4n) is 3.26. The first-order valence-corrected chi connectivity index (χ1v) is 9.24. The molecule has 0 aliphatic carbocycles. The highest BCUT2D eigenvalue weighted by atomic mass is 127. The number of halogens is 1. The van der Waals surface area contributed by atoms with Gasteiger partial charge in [-0.15, -0.1) is 24.0 Å². The molecular weight excluding hydrogens is 433 g/mol. The Balaban J connectivity index is 0.00000312. The van der Waals surface area contributed by atoms with Crippen molar-refractivity contribution < 1.29 is 9.53 Å². The van der Waals surface area contributed by atoms with Crippen molar-refractivity contribution >= 4 is 35.8 Å². The number of guanidine groups is 1. The fourth-order valence-corrected chi connectivity index (χ4v) is 3.26. The highest BCUT2D eigenvalue weighted by Gasteiger charge is 2.30. The lowest BCUT2D eigenvalue weighted by Crippen LogP contribution is -2.46. The second-order valence-corrected chi connectivity index (χ2v) is 6.74. The minimum Gasteiger partial charge on any atom is -0.379 e. The lowest BCUT2D eigenvalue weighted by molar-refractivity contribution is -0.121. The second kappa shape index (κ2) is 11.9. The predicted octanol–water partition coefficient (Wildman–Crippen LogP) is 0.891. The van der Waals surface area contributed by atoms with E-state index in [1.54, 1.807) is 0 Å². The molecule has 0 aromatic heterocycles. The summed E-state index contributed by atoms with van der Waals surface area (Å²) >= 11 is 0. The van der Waals surface area contributed by atoms with Crippen LogP contribution in [0.3, 0.4) is 0 Å². The van der Waals surface area contributed by atoms with Crippen LogP contribution in [0.4, 0.5) is 0 Å². The van der Waals surface area contributed by atoms with Crippen molar-refractivity contribution in [2.24, 2.45) is 4.99 Å². The van der Waals surface area contributed by atoms with Gasteiger partial charge in [0.15, 0.2) is 5.96 Å². The maximum atomic E-state index is 11.7. The summed E-state index contributed by atoms with van der Waals surface area (Å²) in [6, 6.07) is 0.768. The van der Waals surface area contributed by atoms with Gasteiger partial charge in [-0.2, -0.15) is 0 Å². The van der Waals surface area contributed by atoms with E-state index in [0.717, 1.165) is 58.3 Å². The number of nitrogens with zero attached hydrogens (tertiary/aromatic N) is 3. The van der Waals surface area contributed by atoms with E-state index in [4.69, 9.17) is 4.74 Å². The predicted molar refractivity (Wildman–Crippen MR) is 112 cm³/mol. The molecule has 0 spiro atoms. The molecule has 1 unspecified atom stereocenters. The lowest BCUT2D eigenvalue weighted by Gasteiger charge is -2.32. The van der Waals surface area contributed by atoms with Gasteiger partial charge in [0.2, 0.25) is 5.91 Å². The lowest BCUT2D eigenvalue weighted by atomic mass is 10.2. The van der Waals surface area contributed by atoms with Crippen molar-refractivity contribution in [3.63, 3.8) is 0 Å². The quantitative estimate of drug-likeness (QED) is 0.345. The van der Waals surface area contributed by atoms with E-state index in [0.29, 0.717) is 19.0 Å². The van der Waals surface area contributed by atoms with Crippen molar-refractivity contribution in [3.8, 4) is 0 Å². The molecule has 0 bridgehead atoms. The molecular formula is C17H34IN5O2. The normalized spacial score (nSPS) is 22.0. The van der Waals surface area contributed by atoms with Gasteiger partial charge < -0.3 is 20.3 Å². The molecule has 2 N–H and O–H groups in total. The van der Waals surface area contributed by atoms with Crippen LogP contribution in [0.5, 0.6) is 0 Å². The van der Waals surface area contributed by atoms with E-state index < -0.39 is 0 Å². The van der Waals surface area contributed by atoms with Crippen molar-refractivity contribution in [2.45, 2.75) is 45.7 Å². The first kappa shape index (κ1) is 22.4. The van der Waals surface area contributed by atoms with Gasteiger partial charge in [-0.05, 0) is 27.2 Å². The van der Waals surface area contributed by atoms with Crippen LogP contribution in [0, 0.1) is 0 Å². The summed E-state index contributed by atoms with van der Waals surface area (Å²) in [6.07, 6.45) is 1.60. The van der Waals surface area contributed by atoms with Crippen LogP contribution in [0.1, 0.15) is 33.6 Å². The Morgan fingerprint density at radius 2 is 2.00 bits per heavy atom. The largest absolute Gasteiger partial charge is 0.379 e. The van der Waals surface area contributed by atoms with Gasteiger partial charge in [-0.25, -0.2) is 0 Å². The van der Waals surface area contributed by atoms with E-state index in [-0.39, 0.29) is 35.9 Å². The fraction of sp³-hybridized carbons (Fsp3) is 0.882. The Labute approximate surface area is 169 Å². The zero-order chi connectivity index (χ0) is 17.4. The number of aliphatic imine (C=N–C) groups is 1. The maximum absolute atomic E-state index is 11.7. The third kappa shape index (κ3) is 7.65. The van der Waals surface area contributed by atoms with Gasteiger partial charge in [0.05, 0.1) is 19.8 Å². The molecule has 25 heavy (non-hydrogen) atoms. The highest BCUT2D eigenvalue weighted by molar-refractivity contribution is 14.0. The zero-order valence-corrected chi connectivity index (χ0v) is 18.1. The standard InChI is InChI=1S/C17H33N5O2.HI/c1-4-18-17(19-7-5-16(23)20-14(2)3)22-8-6-15(13-22)21-9-11-24-12-10-21;/h14-15H,4-13H2,1-3H3,(H,18,19)(H,20,23);1H. The van der Waals surface area contributed by atoms with Crippen LogP contribution >= 0.6 is 24.0 Å². The third-order valence-corrected chi connectivity index (χ3v) is 4.41. The number of hydrogen-bond acceptors (Lipinski definition) is 4. The Kier molecular flexibility index (Phi) is 10.7. The molecule has 0 radical (unpaired) electrons. The Hall–Kier alpha value is -0.610. The van der Waals surface area contributed by atoms with Crippen molar-refractivity contribution in [2.75, 3.05) is 52.5 Å². The summed E-state index contributed by atoms with van der Waals surface area (Å²) in [7, 11) is 0. The van der Waals surface area contributed by atoms with Gasteiger partial charge in [-0.1, -0.05) is 0 Å². The van der Waals surface area contributed by atoms with E-state index in [1.165, 1.54) is 0 Å². The molecule has 0 aromatic carbocycles. The molecule has 146 valence electrons. The number of likely N-dealkylation sites (tertiary alicyclic amines) is 1. The first-order valence-electron chi connectivity index (χ1n) is 9.24. The topological polar surface area (TPSA) is 69.2 Å². The smallest absolute Gasteiger partial charge is 0.222 e. The zero-order valence-electron chi connectivity index (χ0n) is 15.8. The van der Waals surface area contributed by atoms with Crippen molar-refractivity contribution in [1.29, 1.82) is 0 Å². The van der Waals surface area contributed by atoms with E-state index in [9.17, 15) is 4.79 Å². The van der Waals surface area contributed by atoms with Crippen molar-refractivity contribution in [3.05, 3.63) is 0 Å². The molecule has 2 aliphatic heterocycles. The molecule has 2 heterocycles. The number of ether oxygens (including phenoxy) is 1. The third-order valence-electron chi connectivity index (χ3n) is 4.41. The molecule has 2 fully saturated rings. The van der Waals surface area contributed by atoms with Crippen LogP contribution < -0.4 is 10.6 Å². The molecule has 2 saturated heterocycles. The van der Waals surface area contributed by atoms with Gasteiger partial charge in [0.25, 0.3) is 0 Å². The van der Waals surface area contributed by atoms with Crippen LogP contribution in [0.25, 0.3) is 0 Å². The first-order chi connectivity index (χ1) is 11.6. The summed E-state index contributed by atoms with van der Waals surface area (Å²) in [5.41, 5.74) is 0. The Bertz CT molecular complexity index is 427. The molecule has 0 aromatic rings. The molecule has 1 amide bonds. The minimum absolute atomic E-state index is 0. The monoisotopic (exact) mass is 467 g/mol. The number of nitrogens with one attached hydrogen (secondary N) is 2. The number of carbonyl (C=O) groups excluding carboxylic acids is 1. The van der Waals surface area contributed by atoms with E-state index >= 15 is 0 Å². The van der Waals surface area contributed by atoms with Gasteiger partial charge >= 0.3 is 0 Å². The molecule has 0 saturated carbocycles. The summed E-state index contributed by atoms with van der Waals surface area (Å²) in [5, 5.41) is 6.27. The Morgan fingerprint density at radius 1 is 1.28 bits per heavy atom. The summed E-state index contributed by atoms with van der Waals surface area (Å²) in [6.45, 7) is 13.2. The molecule has 2 rings (SSSR count). The summed E-state index contributed by atoms with van der Waals surface area (Å²) in [4.78, 5) is 21.2. The minimum atomic E-state index is 0. The van der Waals surface area contributed by atoms with Crippen molar-refractivity contribution in [1.82, 2.24) is 20.4 Å². The van der Waals surface area contributed by atoms with Crippen LogP contribution in [-0.2, 0) is 9.53 Å². The summed E-state index contributed by atoms with van der Waals surface area (Å²) < 4.78 is 5.45. The summed E-state index contributed by atoms with van der Waals surface area (Å²) in [5.74, 6) is 1.00. The number of amides is 1. The SMILES string of the molecule is CCNC(=NCCC(=O)NC(C)C)N1CCC(N2CCOCC2)C1.I. The highest BCUT2D eigenvalue weighted by Crippen LogP contribution is 2.17. The molecule has 2 aliphatic rings. The van der Waals surface area contributed by atoms with Gasteiger partial charge in [0, 0.05) is 51.2 Å². The van der Waals surface area contributed by atoms with Gasteiger partial charge in [-0.3, -0.25) is 14.7 Å². The average molecular weight is 467 g/mol. The van der Waals surface area contributed by atoms with Crippen LogP contribution in [0.2, 0.25) is 0 Å². The van der Waals surface area contributed by atoms with Gasteiger partial charge in [0.1, 0.15) is 0 Å². The van der Waals surface area contributed by atoms with Crippen LogP contribution in [0.15, 0.2) is 4.99 Å². The maximum Gasteiger partial charge on any atom is 0.222 e. The number of hydrogen-bond donors (Lipinski definition) is 2. The average Bonchev–Trinajstić information content (AvgIpc) is 3.04. The van der Waals surface area contributed by atoms with E-state index in [1.807, 2.05) is 13.8 Å².